The van der Waals surface area contributed by atoms with Gasteiger partial charge in [-0.15, -0.1) is 0 Å². The standard InChI is InChI=1S/C9H11N.C2H6.W.Y/c1-5-6-9(4)10-7-8(2)3;1-2;;/h2,6H,1,3-4H3;1-2H3;;/q-2;;;. The summed E-state index contributed by atoms with van der Waals surface area (Å²) >= 11 is 1.30. The molecule has 0 rings (SSSR count). The second-order valence-electron chi connectivity index (χ2n) is 2.17. The summed E-state index contributed by atoms with van der Waals surface area (Å²) in [5.41, 5.74) is 1.74. The monoisotopic (exact) mass is 436 g/mol. The summed E-state index contributed by atoms with van der Waals surface area (Å²) in [4.78, 5) is 4.26. The first kappa shape index (κ1) is 20.3. The van der Waals surface area contributed by atoms with Crippen molar-refractivity contribution in [1.29, 1.82) is 0 Å². The molecule has 0 aromatic rings. The first-order valence-electron chi connectivity index (χ1n) is 4.27. The fourth-order valence-corrected chi connectivity index (χ4v) is 1.01. The Hall–Kier alpha value is 0.812. The van der Waals surface area contributed by atoms with Crippen LogP contribution < -0.4 is 0 Å². The molecule has 1 nitrogen and oxygen atoms in total. The fourth-order valence-electron chi connectivity index (χ4n) is 0.490. The Morgan fingerprint density at radius 3 is 2.07 bits per heavy atom. The Labute approximate surface area is 124 Å². The quantitative estimate of drug-likeness (QED) is 0.477. The van der Waals surface area contributed by atoms with Crippen LogP contribution >= 0.6 is 0 Å². The molecule has 0 fully saturated rings. The smallest absolute Gasteiger partial charge is 0 e. The van der Waals surface area contributed by atoms with Crippen molar-refractivity contribution in [1.82, 2.24) is 0 Å². The Balaban J connectivity index is -0.000000376. The molecule has 0 aliphatic carbocycles. The number of hydrogen-bond acceptors (Lipinski definition) is 1. The van der Waals surface area contributed by atoms with Gasteiger partial charge in [0.15, 0.2) is 0 Å². The molecule has 0 atom stereocenters. The van der Waals surface area contributed by atoms with Crippen molar-refractivity contribution in [3.8, 4) is 0 Å². The van der Waals surface area contributed by atoms with Gasteiger partial charge >= 0.3 is 79.2 Å². The van der Waals surface area contributed by atoms with Crippen molar-refractivity contribution >= 4 is 9.73 Å². The Bertz CT molecular complexity index is 229. The number of allylic oxidation sites excluding steroid dienone is 2. The summed E-state index contributed by atoms with van der Waals surface area (Å²) in [6.45, 7) is 15.2. The van der Waals surface area contributed by atoms with Gasteiger partial charge in [-0.1, -0.05) is 13.8 Å². The Morgan fingerprint density at radius 2 is 1.79 bits per heavy atom. The van der Waals surface area contributed by atoms with Gasteiger partial charge in [0.25, 0.3) is 0 Å². The van der Waals surface area contributed by atoms with Crippen LogP contribution in [0.1, 0.15) is 34.6 Å². The number of hydrogen-bond donors (Lipinski definition) is 0. The first-order valence-corrected chi connectivity index (χ1v) is 5.73. The molecule has 0 N–H and O–H groups in total. The first-order chi connectivity index (χ1) is 6.07. The predicted molar refractivity (Wildman–Crippen MR) is 56.4 cm³/mol. The van der Waals surface area contributed by atoms with Crippen LogP contribution in [0, 0.1) is 12.7 Å². The van der Waals surface area contributed by atoms with Gasteiger partial charge in [-0.25, -0.2) is 0 Å². The van der Waals surface area contributed by atoms with E-state index in [0.717, 1.165) is 15.3 Å². The van der Waals surface area contributed by atoms with Gasteiger partial charge in [0.2, 0.25) is 0 Å². The molecule has 1 radical (unpaired) electrons. The summed E-state index contributed by atoms with van der Waals surface area (Å²) in [5, 5.41) is 0. The van der Waals surface area contributed by atoms with Crippen LogP contribution in [0.5, 0.6) is 0 Å². The molecule has 0 unspecified atom stereocenters. The van der Waals surface area contributed by atoms with Crippen LogP contribution in [0.2, 0.25) is 0 Å². The minimum atomic E-state index is 0. The molecular weight excluding hydrogens is 419 g/mol. The van der Waals surface area contributed by atoms with E-state index >= 15 is 0 Å². The van der Waals surface area contributed by atoms with E-state index < -0.39 is 0 Å². The maximum atomic E-state index is 5.54. The molecule has 0 bridgehead atoms. The molecule has 0 aromatic carbocycles. The molecule has 0 heterocycles. The van der Waals surface area contributed by atoms with E-state index in [9.17, 15) is 0 Å². The molecule has 0 saturated heterocycles. The predicted octanol–water partition coefficient (Wildman–Crippen LogP) is 2.91. The van der Waals surface area contributed by atoms with Gasteiger partial charge in [0.05, 0.1) is 0 Å². The van der Waals surface area contributed by atoms with Crippen molar-refractivity contribution < 1.29 is 52.1 Å². The van der Waals surface area contributed by atoms with Crippen LogP contribution in [0.3, 0.4) is 0 Å². The van der Waals surface area contributed by atoms with Gasteiger partial charge in [0, 0.05) is 32.7 Å². The van der Waals surface area contributed by atoms with Crippen LogP contribution in [0.25, 0.3) is 0 Å². The Morgan fingerprint density at radius 1 is 1.36 bits per heavy atom. The summed E-state index contributed by atoms with van der Waals surface area (Å²) in [6, 6.07) is 0. The van der Waals surface area contributed by atoms with Crippen molar-refractivity contribution in [2.75, 3.05) is 0 Å². The van der Waals surface area contributed by atoms with Crippen molar-refractivity contribution in [3.05, 3.63) is 24.3 Å². The molecule has 0 aromatic heterocycles. The van der Waals surface area contributed by atoms with E-state index in [1.165, 1.54) is 19.4 Å². The summed E-state index contributed by atoms with van der Waals surface area (Å²) in [5.74, 6) is 0. The van der Waals surface area contributed by atoms with E-state index in [4.69, 9.17) is 6.58 Å². The van der Waals surface area contributed by atoms with Crippen LogP contribution in [0.4, 0.5) is 0 Å². The van der Waals surface area contributed by atoms with Crippen LogP contribution in [-0.2, 0) is 52.1 Å². The van der Waals surface area contributed by atoms with E-state index in [-0.39, 0.29) is 32.7 Å². The molecule has 77 valence electrons. The van der Waals surface area contributed by atoms with Gasteiger partial charge in [0.1, 0.15) is 0 Å². The second-order valence-corrected chi connectivity index (χ2v) is 3.56. The van der Waals surface area contributed by atoms with Crippen molar-refractivity contribution in [3.63, 3.8) is 0 Å². The summed E-state index contributed by atoms with van der Waals surface area (Å²) in [6.07, 6.45) is 4.74. The van der Waals surface area contributed by atoms with E-state index in [1.54, 1.807) is 0 Å². The topological polar surface area (TPSA) is 12.4 Å². The SMILES string of the molecule is CC.[CH-]=C(C)[C](=[W])N=C(C)C=[C-]C.[Y]. The van der Waals surface area contributed by atoms with Crippen molar-refractivity contribution in [2.24, 2.45) is 4.99 Å². The summed E-state index contributed by atoms with van der Waals surface area (Å²) in [7, 11) is 0. The van der Waals surface area contributed by atoms with Gasteiger partial charge in [-0.3, -0.25) is 0 Å². The molecule has 0 aliphatic heterocycles. The average Bonchev–Trinajstić information content (AvgIpc) is 2.08. The summed E-state index contributed by atoms with van der Waals surface area (Å²) < 4.78 is 0.953. The van der Waals surface area contributed by atoms with E-state index in [0.29, 0.717) is 0 Å². The molecule has 0 aliphatic rings. The molecular formula is C11H17NWY-2. The molecule has 3 heteroatoms. The molecule has 0 spiro atoms. The Kier molecular flexibility index (Phi) is 20.0. The zero-order valence-electron chi connectivity index (χ0n) is 9.59. The normalized spacial score (nSPS) is 9.93. The van der Waals surface area contributed by atoms with E-state index in [2.05, 4.69) is 11.1 Å². The number of nitrogens with zero attached hydrogens (tertiary/aromatic N) is 1. The van der Waals surface area contributed by atoms with Crippen LogP contribution in [0.15, 0.2) is 16.6 Å². The number of rotatable bonds is 3. The molecule has 0 amide bonds. The fraction of sp³-hybridized carbons (Fsp3) is 0.455. The van der Waals surface area contributed by atoms with E-state index in [1.807, 2.05) is 40.7 Å². The maximum absolute atomic E-state index is 5.54. The third kappa shape index (κ3) is 12.8. The van der Waals surface area contributed by atoms with Gasteiger partial charge in [-0.2, -0.15) is 0 Å². The molecule has 0 saturated carbocycles. The second kappa shape index (κ2) is 13.8. The third-order valence-corrected chi connectivity index (χ3v) is 2.45. The zero-order valence-corrected chi connectivity index (χ0v) is 15.4. The minimum absolute atomic E-state index is 0. The molecule has 14 heavy (non-hydrogen) atoms. The minimum Gasteiger partial charge on any atom is 0 e. The average molecular weight is 436 g/mol. The third-order valence-electron chi connectivity index (χ3n) is 0.968. The number of aliphatic imine (C=N–C) groups is 1. The van der Waals surface area contributed by atoms with Gasteiger partial charge in [-0.05, 0) is 0 Å². The van der Waals surface area contributed by atoms with Gasteiger partial charge < -0.3 is 0 Å². The largest absolute Gasteiger partial charge is 0 e. The van der Waals surface area contributed by atoms with Crippen molar-refractivity contribution in [2.45, 2.75) is 34.6 Å². The maximum Gasteiger partial charge on any atom is 0 e. The zero-order chi connectivity index (χ0) is 10.9. The van der Waals surface area contributed by atoms with Crippen LogP contribution in [-0.4, -0.2) is 9.73 Å².